The van der Waals surface area contributed by atoms with Crippen molar-refractivity contribution in [1.82, 2.24) is 10.1 Å². The first-order valence-electron chi connectivity index (χ1n) is 5.15. The van der Waals surface area contributed by atoms with Gasteiger partial charge in [0, 0.05) is 7.11 Å². The van der Waals surface area contributed by atoms with Crippen molar-refractivity contribution >= 4 is 0 Å². The third kappa shape index (κ3) is 2.36. The summed E-state index contributed by atoms with van der Waals surface area (Å²) in [6.07, 6.45) is 0. The van der Waals surface area contributed by atoms with Crippen LogP contribution >= 0.6 is 0 Å². The maximum atomic E-state index is 13.7. The van der Waals surface area contributed by atoms with E-state index >= 15 is 0 Å². The normalized spacial score (nSPS) is 10.9. The molecule has 0 amide bonds. The summed E-state index contributed by atoms with van der Waals surface area (Å²) in [6.45, 7) is 0.195. The van der Waals surface area contributed by atoms with E-state index in [0.717, 1.165) is 6.07 Å². The standard InChI is InChI=1S/C11H11F2N3O2/c1-17-5-6-2-7(10(13)8(12)3-6)11-15-9(4-14)18-16-11/h2-3H,4-5,14H2,1H3. The molecule has 0 aliphatic rings. The van der Waals surface area contributed by atoms with Gasteiger partial charge in [0.15, 0.2) is 11.6 Å². The van der Waals surface area contributed by atoms with Crippen LogP contribution in [0.2, 0.25) is 0 Å². The zero-order chi connectivity index (χ0) is 13.1. The fourth-order valence-electron chi connectivity index (χ4n) is 1.51. The molecule has 18 heavy (non-hydrogen) atoms. The summed E-state index contributed by atoms with van der Waals surface area (Å²) < 4.78 is 36.7. The van der Waals surface area contributed by atoms with E-state index < -0.39 is 11.6 Å². The molecule has 0 saturated carbocycles. The maximum Gasteiger partial charge on any atom is 0.240 e. The maximum absolute atomic E-state index is 13.7. The molecule has 0 radical (unpaired) electrons. The Balaban J connectivity index is 2.48. The number of nitrogens with two attached hydrogens (primary N) is 1. The van der Waals surface area contributed by atoms with E-state index in [9.17, 15) is 8.78 Å². The van der Waals surface area contributed by atoms with Crippen LogP contribution in [0.4, 0.5) is 8.78 Å². The highest BCUT2D eigenvalue weighted by molar-refractivity contribution is 5.56. The fraction of sp³-hybridized carbons (Fsp3) is 0.273. The van der Waals surface area contributed by atoms with Crippen LogP contribution in [-0.2, 0) is 17.9 Å². The van der Waals surface area contributed by atoms with E-state index in [1.807, 2.05) is 0 Å². The Labute approximate surface area is 102 Å². The molecular weight excluding hydrogens is 244 g/mol. The van der Waals surface area contributed by atoms with E-state index in [1.165, 1.54) is 13.2 Å². The highest BCUT2D eigenvalue weighted by Gasteiger charge is 2.17. The van der Waals surface area contributed by atoms with Crippen LogP contribution in [0, 0.1) is 11.6 Å². The van der Waals surface area contributed by atoms with Gasteiger partial charge in [-0.05, 0) is 17.7 Å². The van der Waals surface area contributed by atoms with Gasteiger partial charge in [0.1, 0.15) is 0 Å². The van der Waals surface area contributed by atoms with Crippen molar-refractivity contribution in [2.75, 3.05) is 7.11 Å². The van der Waals surface area contributed by atoms with Crippen LogP contribution in [0.15, 0.2) is 16.7 Å². The Morgan fingerprint density at radius 3 is 2.78 bits per heavy atom. The lowest BCUT2D eigenvalue weighted by molar-refractivity contribution is 0.184. The number of nitrogens with zero attached hydrogens (tertiary/aromatic N) is 2. The molecule has 7 heteroatoms. The van der Waals surface area contributed by atoms with Crippen LogP contribution in [-0.4, -0.2) is 17.3 Å². The number of halogens is 2. The zero-order valence-corrected chi connectivity index (χ0v) is 9.61. The highest BCUT2D eigenvalue weighted by Crippen LogP contribution is 2.24. The summed E-state index contributed by atoms with van der Waals surface area (Å²) in [7, 11) is 1.46. The van der Waals surface area contributed by atoms with Gasteiger partial charge in [0.2, 0.25) is 11.7 Å². The molecular formula is C11H11F2N3O2. The van der Waals surface area contributed by atoms with Gasteiger partial charge in [-0.3, -0.25) is 0 Å². The zero-order valence-electron chi connectivity index (χ0n) is 9.61. The number of hydrogen-bond donors (Lipinski definition) is 1. The summed E-state index contributed by atoms with van der Waals surface area (Å²) in [6, 6.07) is 2.47. The average Bonchev–Trinajstić information content (AvgIpc) is 2.82. The number of rotatable bonds is 4. The second-order valence-corrected chi connectivity index (χ2v) is 3.59. The number of aromatic nitrogens is 2. The lowest BCUT2D eigenvalue weighted by Crippen LogP contribution is -1.98. The quantitative estimate of drug-likeness (QED) is 0.898. The van der Waals surface area contributed by atoms with Gasteiger partial charge in [-0.1, -0.05) is 5.16 Å². The Kier molecular flexibility index (Phi) is 3.63. The van der Waals surface area contributed by atoms with Gasteiger partial charge in [0.05, 0.1) is 18.7 Å². The summed E-state index contributed by atoms with van der Waals surface area (Å²) in [5.41, 5.74) is 5.70. The third-order valence-electron chi connectivity index (χ3n) is 2.28. The predicted octanol–water partition coefficient (Wildman–Crippen LogP) is 1.62. The number of methoxy groups -OCH3 is 1. The van der Waals surface area contributed by atoms with Crippen molar-refractivity contribution in [1.29, 1.82) is 0 Å². The van der Waals surface area contributed by atoms with Crippen molar-refractivity contribution in [3.63, 3.8) is 0 Å². The number of ether oxygens (including phenoxy) is 1. The smallest absolute Gasteiger partial charge is 0.240 e. The van der Waals surface area contributed by atoms with Crippen LogP contribution in [0.25, 0.3) is 11.4 Å². The molecule has 1 heterocycles. The molecule has 96 valence electrons. The molecule has 0 bridgehead atoms. The summed E-state index contributed by atoms with van der Waals surface area (Å²) >= 11 is 0. The SMILES string of the molecule is COCc1cc(F)c(F)c(-c2noc(CN)n2)c1. The van der Waals surface area contributed by atoms with E-state index in [2.05, 4.69) is 10.1 Å². The largest absolute Gasteiger partial charge is 0.380 e. The minimum absolute atomic E-state index is 0.0366. The van der Waals surface area contributed by atoms with Crippen LogP contribution < -0.4 is 5.73 Å². The van der Waals surface area contributed by atoms with Gasteiger partial charge < -0.3 is 15.0 Å². The fourth-order valence-corrected chi connectivity index (χ4v) is 1.51. The first kappa shape index (κ1) is 12.6. The molecule has 2 rings (SSSR count). The monoisotopic (exact) mass is 255 g/mol. The molecule has 0 fully saturated rings. The number of hydrogen-bond acceptors (Lipinski definition) is 5. The van der Waals surface area contributed by atoms with Crippen LogP contribution in [0.3, 0.4) is 0 Å². The summed E-state index contributed by atoms with van der Waals surface area (Å²) in [4.78, 5) is 3.85. The second kappa shape index (κ2) is 5.19. The first-order chi connectivity index (χ1) is 8.65. The third-order valence-corrected chi connectivity index (χ3v) is 2.28. The molecule has 0 saturated heterocycles. The number of benzene rings is 1. The molecule has 0 unspecified atom stereocenters. The molecule has 0 spiro atoms. The lowest BCUT2D eigenvalue weighted by Gasteiger charge is -2.04. The lowest BCUT2D eigenvalue weighted by atomic mass is 10.1. The Hall–Kier alpha value is -1.86. The van der Waals surface area contributed by atoms with E-state index in [1.54, 1.807) is 0 Å². The molecule has 5 nitrogen and oxygen atoms in total. The van der Waals surface area contributed by atoms with Crippen molar-refractivity contribution in [3.8, 4) is 11.4 Å². The van der Waals surface area contributed by atoms with Crippen LogP contribution in [0.1, 0.15) is 11.5 Å². The molecule has 0 aliphatic heterocycles. The topological polar surface area (TPSA) is 74.2 Å². The molecule has 2 aromatic rings. The minimum atomic E-state index is -1.03. The Morgan fingerprint density at radius 1 is 1.39 bits per heavy atom. The average molecular weight is 255 g/mol. The van der Waals surface area contributed by atoms with Crippen molar-refractivity contribution < 1.29 is 18.0 Å². The Morgan fingerprint density at radius 2 is 2.17 bits per heavy atom. The molecule has 1 aromatic heterocycles. The highest BCUT2D eigenvalue weighted by atomic mass is 19.2. The molecule has 1 aromatic carbocycles. The minimum Gasteiger partial charge on any atom is -0.380 e. The molecule has 0 aliphatic carbocycles. The van der Waals surface area contributed by atoms with Gasteiger partial charge in [0.25, 0.3) is 0 Å². The second-order valence-electron chi connectivity index (χ2n) is 3.59. The Bertz CT molecular complexity index is 557. The van der Waals surface area contributed by atoms with Crippen molar-refractivity contribution in [2.24, 2.45) is 5.73 Å². The van der Waals surface area contributed by atoms with E-state index in [4.69, 9.17) is 15.0 Å². The summed E-state index contributed by atoms with van der Waals surface area (Å²) in [5, 5.41) is 3.55. The van der Waals surface area contributed by atoms with Gasteiger partial charge in [-0.2, -0.15) is 4.98 Å². The van der Waals surface area contributed by atoms with Crippen molar-refractivity contribution in [3.05, 3.63) is 35.2 Å². The molecule has 2 N–H and O–H groups in total. The summed E-state index contributed by atoms with van der Waals surface area (Å²) in [5.74, 6) is -1.90. The van der Waals surface area contributed by atoms with Gasteiger partial charge in [-0.25, -0.2) is 8.78 Å². The van der Waals surface area contributed by atoms with Gasteiger partial charge >= 0.3 is 0 Å². The molecule has 0 atom stereocenters. The first-order valence-corrected chi connectivity index (χ1v) is 5.15. The van der Waals surface area contributed by atoms with E-state index in [-0.39, 0.29) is 30.4 Å². The van der Waals surface area contributed by atoms with Crippen LogP contribution in [0.5, 0.6) is 0 Å². The van der Waals surface area contributed by atoms with Crippen molar-refractivity contribution in [2.45, 2.75) is 13.2 Å². The van der Waals surface area contributed by atoms with Gasteiger partial charge in [-0.15, -0.1) is 0 Å². The van der Waals surface area contributed by atoms with E-state index in [0.29, 0.717) is 5.56 Å². The predicted molar refractivity (Wildman–Crippen MR) is 58.3 cm³/mol.